The fraction of sp³-hybridized carbons (Fsp3) is 0.231. The van der Waals surface area contributed by atoms with Crippen molar-refractivity contribution in [1.82, 2.24) is 4.90 Å². The second-order valence-electron chi connectivity index (χ2n) is 7.95. The zero-order valence-corrected chi connectivity index (χ0v) is 19.8. The SMILES string of the molecule is COc1cc2c(cc1OC)[C@H](c1c(F)cccc1Cl)N(C(=O)Nc1ccc(C(C)=O)cc1)CC2. The number of Topliss-reactive ketones (excluding diaryl/α,β-unsaturated/α-hetero) is 1. The number of benzene rings is 3. The van der Waals surface area contributed by atoms with Gasteiger partial charge in [0.15, 0.2) is 17.3 Å². The number of fused-ring (bicyclic) bond motifs is 1. The van der Waals surface area contributed by atoms with Crippen LogP contribution in [0.1, 0.15) is 40.0 Å². The summed E-state index contributed by atoms with van der Waals surface area (Å²) in [6, 6.07) is 13.5. The molecule has 0 aliphatic carbocycles. The molecule has 0 bridgehead atoms. The molecule has 0 saturated heterocycles. The van der Waals surface area contributed by atoms with Crippen molar-refractivity contribution in [2.24, 2.45) is 0 Å². The van der Waals surface area contributed by atoms with E-state index >= 15 is 4.39 Å². The number of carbonyl (C=O) groups excluding carboxylic acids is 2. The molecule has 0 radical (unpaired) electrons. The Labute approximate surface area is 202 Å². The molecule has 1 atom stereocenters. The van der Waals surface area contributed by atoms with Gasteiger partial charge < -0.3 is 19.7 Å². The van der Waals surface area contributed by atoms with Crippen LogP contribution in [-0.2, 0) is 6.42 Å². The molecule has 1 N–H and O–H groups in total. The third kappa shape index (κ3) is 4.43. The number of amides is 2. The van der Waals surface area contributed by atoms with Crippen LogP contribution in [0.5, 0.6) is 11.5 Å². The first-order valence-electron chi connectivity index (χ1n) is 10.7. The standard InChI is InChI=1S/C26H24ClFN2O4/c1-15(31)16-7-9-18(10-8-16)29-26(32)30-12-11-17-13-22(33-2)23(34-3)14-19(17)25(30)24-20(27)5-4-6-21(24)28/h4-10,13-14,25H,11-12H2,1-3H3,(H,29,32)/t25-/m1/s1. The van der Waals surface area contributed by atoms with E-state index in [0.717, 1.165) is 5.56 Å². The van der Waals surface area contributed by atoms with Crippen LogP contribution in [0.4, 0.5) is 14.9 Å². The highest BCUT2D eigenvalue weighted by atomic mass is 35.5. The predicted molar refractivity (Wildman–Crippen MR) is 129 cm³/mol. The number of hydrogen-bond donors (Lipinski definition) is 1. The minimum Gasteiger partial charge on any atom is -0.493 e. The molecule has 0 fully saturated rings. The molecule has 0 saturated carbocycles. The number of urea groups is 1. The highest BCUT2D eigenvalue weighted by Crippen LogP contribution is 2.43. The van der Waals surface area contributed by atoms with Crippen LogP contribution in [0.15, 0.2) is 54.6 Å². The van der Waals surface area contributed by atoms with Gasteiger partial charge in [-0.3, -0.25) is 4.79 Å². The first-order chi connectivity index (χ1) is 16.3. The fourth-order valence-electron chi connectivity index (χ4n) is 4.23. The van der Waals surface area contributed by atoms with Crippen LogP contribution in [-0.4, -0.2) is 37.5 Å². The lowest BCUT2D eigenvalue weighted by atomic mass is 9.87. The van der Waals surface area contributed by atoms with E-state index in [2.05, 4.69) is 5.32 Å². The van der Waals surface area contributed by atoms with Crippen molar-refractivity contribution in [2.75, 3.05) is 26.1 Å². The molecule has 3 aromatic carbocycles. The maximum Gasteiger partial charge on any atom is 0.322 e. The first-order valence-corrected chi connectivity index (χ1v) is 11.1. The molecule has 34 heavy (non-hydrogen) atoms. The molecule has 1 aliphatic heterocycles. The lowest BCUT2D eigenvalue weighted by Crippen LogP contribution is -2.43. The Hall–Kier alpha value is -3.58. The summed E-state index contributed by atoms with van der Waals surface area (Å²) in [5.41, 5.74) is 2.89. The molecule has 4 rings (SSSR count). The number of nitrogens with one attached hydrogen (secondary N) is 1. The van der Waals surface area contributed by atoms with E-state index in [4.69, 9.17) is 21.1 Å². The van der Waals surface area contributed by atoms with Crippen LogP contribution in [0.2, 0.25) is 5.02 Å². The summed E-state index contributed by atoms with van der Waals surface area (Å²) >= 11 is 6.45. The number of anilines is 1. The number of methoxy groups -OCH3 is 2. The average Bonchev–Trinajstić information content (AvgIpc) is 2.83. The maximum absolute atomic E-state index is 15.1. The summed E-state index contributed by atoms with van der Waals surface area (Å²) in [5, 5.41) is 3.07. The topological polar surface area (TPSA) is 67.9 Å². The molecule has 3 aromatic rings. The van der Waals surface area contributed by atoms with Crippen LogP contribution >= 0.6 is 11.6 Å². The Morgan fingerprint density at radius 3 is 2.35 bits per heavy atom. The monoisotopic (exact) mass is 482 g/mol. The molecular weight excluding hydrogens is 459 g/mol. The highest BCUT2D eigenvalue weighted by Gasteiger charge is 2.36. The minimum atomic E-state index is -0.784. The Morgan fingerprint density at radius 2 is 1.74 bits per heavy atom. The van der Waals surface area contributed by atoms with Crippen molar-refractivity contribution in [2.45, 2.75) is 19.4 Å². The second kappa shape index (κ2) is 9.73. The lowest BCUT2D eigenvalue weighted by molar-refractivity contribution is 0.101. The van der Waals surface area contributed by atoms with Gasteiger partial charge in [-0.25, -0.2) is 9.18 Å². The normalized spacial score (nSPS) is 14.9. The van der Waals surface area contributed by atoms with Crippen molar-refractivity contribution < 1.29 is 23.5 Å². The number of hydrogen-bond acceptors (Lipinski definition) is 4. The van der Waals surface area contributed by atoms with Gasteiger partial charge in [0.1, 0.15) is 5.82 Å². The number of ether oxygens (including phenoxy) is 2. The van der Waals surface area contributed by atoms with Crippen molar-refractivity contribution in [3.8, 4) is 11.5 Å². The van der Waals surface area contributed by atoms with Crippen LogP contribution in [0.3, 0.4) is 0 Å². The van der Waals surface area contributed by atoms with Gasteiger partial charge in [0, 0.05) is 28.4 Å². The number of rotatable bonds is 5. The van der Waals surface area contributed by atoms with E-state index in [0.29, 0.717) is 41.3 Å². The van der Waals surface area contributed by atoms with Crippen LogP contribution in [0.25, 0.3) is 0 Å². The van der Waals surface area contributed by atoms with Gasteiger partial charge in [-0.15, -0.1) is 0 Å². The quantitative estimate of drug-likeness (QED) is 0.461. The van der Waals surface area contributed by atoms with E-state index in [-0.39, 0.29) is 16.4 Å². The number of ketones is 1. The predicted octanol–water partition coefficient (Wildman–Crippen LogP) is 5.88. The maximum atomic E-state index is 15.1. The smallest absolute Gasteiger partial charge is 0.322 e. The summed E-state index contributed by atoms with van der Waals surface area (Å²) < 4.78 is 26.0. The molecule has 176 valence electrons. The average molecular weight is 483 g/mol. The van der Waals surface area contributed by atoms with Gasteiger partial charge in [0.25, 0.3) is 0 Å². The zero-order valence-electron chi connectivity index (χ0n) is 19.0. The van der Waals surface area contributed by atoms with E-state index in [1.165, 1.54) is 26.2 Å². The first kappa shape index (κ1) is 23.6. The minimum absolute atomic E-state index is 0.0656. The van der Waals surface area contributed by atoms with Gasteiger partial charge in [0.05, 0.1) is 20.3 Å². The fourth-order valence-corrected chi connectivity index (χ4v) is 4.50. The van der Waals surface area contributed by atoms with Gasteiger partial charge in [0.2, 0.25) is 0 Å². The lowest BCUT2D eigenvalue weighted by Gasteiger charge is -2.38. The molecule has 0 aromatic heterocycles. The number of halogens is 2. The van der Waals surface area contributed by atoms with Gasteiger partial charge >= 0.3 is 6.03 Å². The van der Waals surface area contributed by atoms with E-state index in [9.17, 15) is 9.59 Å². The third-order valence-electron chi connectivity index (χ3n) is 5.95. The molecule has 0 unspecified atom stereocenters. The summed E-state index contributed by atoms with van der Waals surface area (Å²) in [5.74, 6) is 0.455. The molecule has 0 spiro atoms. The third-order valence-corrected chi connectivity index (χ3v) is 6.28. The number of nitrogens with zero attached hydrogens (tertiary/aromatic N) is 1. The number of carbonyl (C=O) groups is 2. The zero-order chi connectivity index (χ0) is 24.4. The Kier molecular flexibility index (Phi) is 6.75. The van der Waals surface area contributed by atoms with Crippen molar-refractivity contribution in [3.05, 3.63) is 87.7 Å². The second-order valence-corrected chi connectivity index (χ2v) is 8.36. The van der Waals surface area contributed by atoms with Crippen molar-refractivity contribution in [1.29, 1.82) is 0 Å². The molecule has 6 nitrogen and oxygen atoms in total. The van der Waals surface area contributed by atoms with Gasteiger partial charge in [-0.05, 0) is 73.0 Å². The Bertz CT molecular complexity index is 1230. The van der Waals surface area contributed by atoms with Crippen LogP contribution < -0.4 is 14.8 Å². The molecule has 1 aliphatic rings. The molecule has 2 amide bonds. The largest absolute Gasteiger partial charge is 0.493 e. The van der Waals surface area contributed by atoms with Gasteiger partial charge in [-0.2, -0.15) is 0 Å². The molecule has 8 heteroatoms. The Balaban J connectivity index is 1.77. The summed E-state index contributed by atoms with van der Waals surface area (Å²) in [7, 11) is 3.07. The van der Waals surface area contributed by atoms with Gasteiger partial charge in [-0.1, -0.05) is 17.7 Å². The summed E-state index contributed by atoms with van der Waals surface area (Å²) in [6.45, 7) is 1.81. The van der Waals surface area contributed by atoms with Crippen LogP contribution in [0, 0.1) is 5.82 Å². The summed E-state index contributed by atoms with van der Waals surface area (Å²) in [6.07, 6.45) is 0.537. The molecular formula is C26H24ClFN2O4. The van der Waals surface area contributed by atoms with Crippen molar-refractivity contribution in [3.63, 3.8) is 0 Å². The van der Waals surface area contributed by atoms with E-state index < -0.39 is 17.9 Å². The van der Waals surface area contributed by atoms with E-state index in [1.807, 2.05) is 6.07 Å². The molecule has 1 heterocycles. The van der Waals surface area contributed by atoms with Crippen molar-refractivity contribution >= 4 is 29.1 Å². The Morgan fingerprint density at radius 1 is 1.06 bits per heavy atom. The van der Waals surface area contributed by atoms with E-state index in [1.54, 1.807) is 48.4 Å². The highest BCUT2D eigenvalue weighted by molar-refractivity contribution is 6.31. The summed E-state index contributed by atoms with van der Waals surface area (Å²) in [4.78, 5) is 26.5.